The van der Waals surface area contributed by atoms with Gasteiger partial charge in [0.25, 0.3) is 0 Å². The van der Waals surface area contributed by atoms with E-state index in [1.54, 1.807) is 6.07 Å². The van der Waals surface area contributed by atoms with E-state index in [1.165, 1.54) is 6.07 Å². The summed E-state index contributed by atoms with van der Waals surface area (Å²) in [5, 5.41) is 9.80. The molecule has 1 N–H and O–H groups in total. The van der Waals surface area contributed by atoms with Crippen molar-refractivity contribution in [2.45, 2.75) is 38.8 Å². The Morgan fingerprint density at radius 2 is 2.17 bits per heavy atom. The average Bonchev–Trinajstić information content (AvgIpc) is 2.70. The molecule has 2 unspecified atom stereocenters. The molecule has 1 aromatic rings. The molecule has 1 aromatic carbocycles. The van der Waals surface area contributed by atoms with Crippen molar-refractivity contribution in [3.05, 3.63) is 35.6 Å². The number of nitrogens with zero attached hydrogens (tertiary/aromatic N) is 1. The van der Waals surface area contributed by atoms with Gasteiger partial charge in [0.1, 0.15) is 5.82 Å². The van der Waals surface area contributed by atoms with Crippen LogP contribution >= 0.6 is 0 Å². The van der Waals surface area contributed by atoms with E-state index < -0.39 is 0 Å². The third kappa shape index (κ3) is 2.90. The van der Waals surface area contributed by atoms with E-state index in [2.05, 4.69) is 11.8 Å². The number of hydrogen-bond acceptors (Lipinski definition) is 2. The second-order valence-electron chi connectivity index (χ2n) is 5.39. The van der Waals surface area contributed by atoms with Crippen LogP contribution in [0.2, 0.25) is 0 Å². The number of benzene rings is 1. The zero-order chi connectivity index (χ0) is 13.1. The molecule has 1 aliphatic heterocycles. The predicted octanol–water partition coefficient (Wildman–Crippen LogP) is 2.98. The van der Waals surface area contributed by atoms with E-state index in [0.29, 0.717) is 12.5 Å². The summed E-state index contributed by atoms with van der Waals surface area (Å²) >= 11 is 0. The highest BCUT2D eigenvalue weighted by atomic mass is 19.1. The Labute approximate surface area is 108 Å². The number of aliphatic hydroxyl groups excluding tert-OH is 1. The zero-order valence-electron chi connectivity index (χ0n) is 11.1. The van der Waals surface area contributed by atoms with Crippen molar-refractivity contribution in [1.82, 2.24) is 4.90 Å². The molecular formula is C15H22FNO. The Morgan fingerprint density at radius 1 is 1.44 bits per heavy atom. The van der Waals surface area contributed by atoms with Crippen LogP contribution in [0.25, 0.3) is 0 Å². The molecule has 1 saturated heterocycles. The van der Waals surface area contributed by atoms with Gasteiger partial charge < -0.3 is 5.11 Å². The number of β-amino-alcohol motifs (C(OH)–C–C–N with tert-alkyl or cyclic N) is 1. The summed E-state index contributed by atoms with van der Waals surface area (Å²) in [6.07, 6.45) is 1.40. The maximum Gasteiger partial charge on any atom is 0.127 e. The standard InChI is InChI=1S/C15H22FNO/c1-3-12(18)10-17-9-11(2)8-15(17)13-6-4-5-7-14(13)16/h4-7,11-12,15,18H,3,8-10H2,1-2H3/t11?,12-,15?/m1/s1. The van der Waals surface area contributed by atoms with Crippen molar-refractivity contribution in [2.75, 3.05) is 13.1 Å². The van der Waals surface area contributed by atoms with Crippen LogP contribution < -0.4 is 0 Å². The van der Waals surface area contributed by atoms with Crippen molar-refractivity contribution < 1.29 is 9.50 Å². The fraction of sp³-hybridized carbons (Fsp3) is 0.600. The molecule has 18 heavy (non-hydrogen) atoms. The van der Waals surface area contributed by atoms with Crippen molar-refractivity contribution in [3.8, 4) is 0 Å². The first-order valence-electron chi connectivity index (χ1n) is 6.78. The first-order valence-corrected chi connectivity index (χ1v) is 6.78. The van der Waals surface area contributed by atoms with Gasteiger partial charge in [-0.1, -0.05) is 32.0 Å². The number of likely N-dealkylation sites (tertiary alicyclic amines) is 1. The van der Waals surface area contributed by atoms with Gasteiger partial charge in [0, 0.05) is 24.7 Å². The summed E-state index contributed by atoms with van der Waals surface area (Å²) in [5.74, 6) is 0.422. The topological polar surface area (TPSA) is 23.5 Å². The zero-order valence-corrected chi connectivity index (χ0v) is 11.1. The van der Waals surface area contributed by atoms with Gasteiger partial charge in [0.2, 0.25) is 0 Å². The van der Waals surface area contributed by atoms with Gasteiger partial charge in [-0.15, -0.1) is 0 Å². The second-order valence-corrected chi connectivity index (χ2v) is 5.39. The van der Waals surface area contributed by atoms with Crippen molar-refractivity contribution in [3.63, 3.8) is 0 Å². The number of rotatable bonds is 4. The van der Waals surface area contributed by atoms with Gasteiger partial charge in [0.15, 0.2) is 0 Å². The van der Waals surface area contributed by atoms with Crippen LogP contribution in [0.3, 0.4) is 0 Å². The predicted molar refractivity (Wildman–Crippen MR) is 70.8 cm³/mol. The summed E-state index contributed by atoms with van der Waals surface area (Å²) in [5.41, 5.74) is 0.769. The molecule has 0 saturated carbocycles. The van der Waals surface area contributed by atoms with Crippen molar-refractivity contribution >= 4 is 0 Å². The monoisotopic (exact) mass is 251 g/mol. The third-order valence-electron chi connectivity index (χ3n) is 3.79. The van der Waals surface area contributed by atoms with E-state index >= 15 is 0 Å². The van der Waals surface area contributed by atoms with Gasteiger partial charge in [0.05, 0.1) is 6.10 Å². The first-order chi connectivity index (χ1) is 8.61. The highest BCUT2D eigenvalue weighted by Crippen LogP contribution is 2.36. The molecule has 3 heteroatoms. The minimum atomic E-state index is -0.315. The molecule has 0 aromatic heterocycles. The number of aliphatic hydroxyl groups is 1. The summed E-state index contributed by atoms with van der Waals surface area (Å²) in [6.45, 7) is 5.74. The molecule has 0 aliphatic carbocycles. The van der Waals surface area contributed by atoms with Crippen LogP contribution in [0, 0.1) is 11.7 Å². The Morgan fingerprint density at radius 3 is 2.83 bits per heavy atom. The fourth-order valence-corrected chi connectivity index (χ4v) is 2.80. The fourth-order valence-electron chi connectivity index (χ4n) is 2.80. The van der Waals surface area contributed by atoms with Gasteiger partial charge in [-0.2, -0.15) is 0 Å². The Hall–Kier alpha value is -0.930. The van der Waals surface area contributed by atoms with E-state index in [9.17, 15) is 9.50 Å². The minimum Gasteiger partial charge on any atom is -0.392 e. The van der Waals surface area contributed by atoms with Crippen LogP contribution in [0.15, 0.2) is 24.3 Å². The lowest BCUT2D eigenvalue weighted by Gasteiger charge is -2.27. The molecule has 3 atom stereocenters. The molecule has 2 nitrogen and oxygen atoms in total. The molecular weight excluding hydrogens is 229 g/mol. The summed E-state index contributed by atoms with van der Waals surface area (Å²) in [7, 11) is 0. The molecule has 0 radical (unpaired) electrons. The highest BCUT2D eigenvalue weighted by molar-refractivity contribution is 5.22. The normalized spacial score (nSPS) is 26.4. The lowest BCUT2D eigenvalue weighted by molar-refractivity contribution is 0.101. The highest BCUT2D eigenvalue weighted by Gasteiger charge is 2.32. The lowest BCUT2D eigenvalue weighted by Crippen LogP contribution is -2.32. The molecule has 1 heterocycles. The Balaban J connectivity index is 2.17. The van der Waals surface area contributed by atoms with E-state index in [1.807, 2.05) is 19.1 Å². The Bertz CT molecular complexity index is 396. The van der Waals surface area contributed by atoms with Crippen LogP contribution in [0.4, 0.5) is 4.39 Å². The quantitative estimate of drug-likeness (QED) is 0.889. The summed E-state index contributed by atoms with van der Waals surface area (Å²) in [6, 6.07) is 7.11. The van der Waals surface area contributed by atoms with Crippen LogP contribution in [-0.4, -0.2) is 29.2 Å². The maximum absolute atomic E-state index is 13.9. The number of halogens is 1. The van der Waals surface area contributed by atoms with Crippen LogP contribution in [-0.2, 0) is 0 Å². The van der Waals surface area contributed by atoms with E-state index in [-0.39, 0.29) is 18.0 Å². The molecule has 100 valence electrons. The van der Waals surface area contributed by atoms with Crippen molar-refractivity contribution in [2.24, 2.45) is 5.92 Å². The molecule has 0 spiro atoms. The van der Waals surface area contributed by atoms with E-state index in [4.69, 9.17) is 0 Å². The molecule has 0 amide bonds. The van der Waals surface area contributed by atoms with Gasteiger partial charge in [-0.05, 0) is 24.8 Å². The van der Waals surface area contributed by atoms with Gasteiger partial charge in [-0.25, -0.2) is 4.39 Å². The largest absolute Gasteiger partial charge is 0.392 e. The van der Waals surface area contributed by atoms with Gasteiger partial charge in [-0.3, -0.25) is 4.90 Å². The second kappa shape index (κ2) is 5.81. The SMILES string of the molecule is CC[C@@H](O)CN1CC(C)CC1c1ccccc1F. The third-order valence-corrected chi connectivity index (χ3v) is 3.79. The lowest BCUT2D eigenvalue weighted by atomic mass is 10.0. The van der Waals surface area contributed by atoms with Crippen LogP contribution in [0.1, 0.15) is 38.3 Å². The Kier molecular flexibility index (Phi) is 4.36. The number of hydrogen-bond donors (Lipinski definition) is 1. The van der Waals surface area contributed by atoms with Gasteiger partial charge >= 0.3 is 0 Å². The molecule has 0 bridgehead atoms. The van der Waals surface area contributed by atoms with E-state index in [0.717, 1.165) is 24.9 Å². The minimum absolute atomic E-state index is 0.113. The smallest absolute Gasteiger partial charge is 0.127 e. The average molecular weight is 251 g/mol. The first kappa shape index (κ1) is 13.5. The maximum atomic E-state index is 13.9. The van der Waals surface area contributed by atoms with Crippen LogP contribution in [0.5, 0.6) is 0 Å². The molecule has 1 aliphatic rings. The summed E-state index contributed by atoms with van der Waals surface area (Å²) < 4.78 is 13.9. The molecule has 1 fully saturated rings. The van der Waals surface area contributed by atoms with Crippen molar-refractivity contribution in [1.29, 1.82) is 0 Å². The summed E-state index contributed by atoms with van der Waals surface area (Å²) in [4.78, 5) is 2.22. The molecule has 2 rings (SSSR count).